The van der Waals surface area contributed by atoms with Crippen molar-refractivity contribution in [2.45, 2.75) is 26.2 Å². The second kappa shape index (κ2) is 4.39. The number of H-pyrrole nitrogens is 2. The summed E-state index contributed by atoms with van der Waals surface area (Å²) in [6.07, 6.45) is -0.297. The van der Waals surface area contributed by atoms with E-state index in [1.165, 1.54) is 0 Å². The van der Waals surface area contributed by atoms with Gasteiger partial charge in [-0.1, -0.05) is 13.8 Å². The second-order valence-corrected chi connectivity index (χ2v) is 3.93. The zero-order chi connectivity index (χ0) is 11.6. The molecular weight excluding hydrogens is 216 g/mol. The summed E-state index contributed by atoms with van der Waals surface area (Å²) in [5.74, 6) is -1.00. The number of aromatic amines is 2. The first-order chi connectivity index (χ1) is 6.91. The number of nitrogens with one attached hydrogen (secondary N) is 2. The Balaban J connectivity index is 3.40. The van der Waals surface area contributed by atoms with Crippen LogP contribution >= 0.6 is 12.2 Å². The Morgan fingerprint density at radius 1 is 1.47 bits per heavy atom. The van der Waals surface area contributed by atoms with E-state index in [2.05, 4.69) is 9.97 Å². The van der Waals surface area contributed by atoms with Crippen molar-refractivity contribution in [1.29, 1.82) is 0 Å². The van der Waals surface area contributed by atoms with Gasteiger partial charge in [-0.2, -0.15) is 0 Å². The molecule has 0 unspecified atom stereocenters. The number of carboxylic acid groups (broad SMARTS) is 1. The third kappa shape index (κ3) is 2.76. The van der Waals surface area contributed by atoms with Crippen molar-refractivity contribution in [2.75, 3.05) is 0 Å². The van der Waals surface area contributed by atoms with Crippen LogP contribution in [0.3, 0.4) is 0 Å². The van der Waals surface area contributed by atoms with E-state index >= 15 is 0 Å². The normalized spacial score (nSPS) is 10.6. The van der Waals surface area contributed by atoms with E-state index in [-0.39, 0.29) is 22.7 Å². The van der Waals surface area contributed by atoms with Crippen molar-refractivity contribution in [2.24, 2.45) is 0 Å². The molecule has 1 rings (SSSR count). The molecule has 0 saturated carbocycles. The lowest BCUT2D eigenvalue weighted by Crippen LogP contribution is -2.21. The summed E-state index contributed by atoms with van der Waals surface area (Å²) in [7, 11) is 0. The topological polar surface area (TPSA) is 86.0 Å². The molecule has 0 aliphatic rings. The van der Waals surface area contributed by atoms with Crippen LogP contribution in [-0.2, 0) is 11.2 Å². The predicted molar refractivity (Wildman–Crippen MR) is 57.7 cm³/mol. The van der Waals surface area contributed by atoms with Gasteiger partial charge in [0.2, 0.25) is 0 Å². The van der Waals surface area contributed by atoms with Crippen LogP contribution in [0.4, 0.5) is 0 Å². The highest BCUT2D eigenvalue weighted by Gasteiger charge is 2.14. The van der Waals surface area contributed by atoms with E-state index < -0.39 is 11.5 Å². The fourth-order valence-corrected chi connectivity index (χ4v) is 1.55. The van der Waals surface area contributed by atoms with Crippen LogP contribution in [0.25, 0.3) is 0 Å². The lowest BCUT2D eigenvalue weighted by molar-refractivity contribution is -0.136. The molecule has 1 aromatic heterocycles. The Bertz CT molecular complexity index is 487. The lowest BCUT2D eigenvalue weighted by Gasteiger charge is -2.09. The van der Waals surface area contributed by atoms with Crippen LogP contribution in [0, 0.1) is 4.77 Å². The monoisotopic (exact) mass is 228 g/mol. The highest BCUT2D eigenvalue weighted by atomic mass is 32.1. The van der Waals surface area contributed by atoms with Crippen molar-refractivity contribution in [3.63, 3.8) is 0 Å². The number of aromatic nitrogens is 2. The first kappa shape index (κ1) is 11.6. The number of rotatable bonds is 3. The average molecular weight is 228 g/mol. The van der Waals surface area contributed by atoms with Gasteiger partial charge >= 0.3 is 5.97 Å². The summed E-state index contributed by atoms with van der Waals surface area (Å²) >= 11 is 4.82. The van der Waals surface area contributed by atoms with Crippen LogP contribution < -0.4 is 5.56 Å². The molecule has 0 saturated heterocycles. The molecule has 0 amide bonds. The number of carboxylic acids is 1. The van der Waals surface area contributed by atoms with E-state index in [0.29, 0.717) is 5.69 Å². The minimum atomic E-state index is -1.03. The van der Waals surface area contributed by atoms with E-state index in [4.69, 9.17) is 17.3 Å². The molecule has 3 N–H and O–H groups in total. The molecular formula is C9H12N2O3S. The summed E-state index contributed by atoms with van der Waals surface area (Å²) in [5.41, 5.74) is 0.405. The van der Waals surface area contributed by atoms with Gasteiger partial charge in [0.25, 0.3) is 5.56 Å². The molecule has 0 spiro atoms. The van der Waals surface area contributed by atoms with Crippen molar-refractivity contribution < 1.29 is 9.90 Å². The Kier molecular flexibility index (Phi) is 3.41. The average Bonchev–Trinajstić information content (AvgIpc) is 2.08. The van der Waals surface area contributed by atoms with Crippen LogP contribution in [0.2, 0.25) is 0 Å². The molecule has 0 bridgehead atoms. The van der Waals surface area contributed by atoms with E-state index in [0.717, 1.165) is 0 Å². The van der Waals surface area contributed by atoms with Crippen molar-refractivity contribution in [3.05, 3.63) is 26.4 Å². The van der Waals surface area contributed by atoms with Crippen molar-refractivity contribution in [1.82, 2.24) is 9.97 Å². The van der Waals surface area contributed by atoms with Gasteiger partial charge in [-0.05, 0) is 18.1 Å². The first-order valence-corrected chi connectivity index (χ1v) is 4.89. The molecule has 1 heterocycles. The summed E-state index contributed by atoms with van der Waals surface area (Å²) < 4.78 is 0.220. The molecule has 0 atom stereocenters. The largest absolute Gasteiger partial charge is 0.481 e. The second-order valence-electron chi connectivity index (χ2n) is 3.53. The molecule has 0 radical (unpaired) electrons. The van der Waals surface area contributed by atoms with Crippen LogP contribution in [-0.4, -0.2) is 21.0 Å². The van der Waals surface area contributed by atoms with Gasteiger partial charge < -0.3 is 10.1 Å². The standard InChI is InChI=1S/C9H12N2O3S/c1-4(2)7-5(3-6(12)13)8(14)11-9(15)10-7/h4H,3H2,1-2H3,(H,12,13)(H2,10,11,14,15). The van der Waals surface area contributed by atoms with E-state index in [1.54, 1.807) is 0 Å². The Labute approximate surface area is 91.2 Å². The number of aliphatic carboxylic acids is 1. The number of hydrogen-bond acceptors (Lipinski definition) is 3. The predicted octanol–water partition coefficient (Wildman–Crippen LogP) is 1.18. The maximum absolute atomic E-state index is 11.5. The van der Waals surface area contributed by atoms with Crippen LogP contribution in [0.5, 0.6) is 0 Å². The van der Waals surface area contributed by atoms with Gasteiger partial charge in [-0.25, -0.2) is 0 Å². The maximum atomic E-state index is 11.5. The summed E-state index contributed by atoms with van der Waals surface area (Å²) in [4.78, 5) is 27.3. The highest BCUT2D eigenvalue weighted by molar-refractivity contribution is 7.71. The molecule has 6 heteroatoms. The van der Waals surface area contributed by atoms with Crippen molar-refractivity contribution >= 4 is 18.2 Å². The Morgan fingerprint density at radius 2 is 2.07 bits per heavy atom. The quantitative estimate of drug-likeness (QED) is 0.678. The van der Waals surface area contributed by atoms with Gasteiger partial charge in [0.15, 0.2) is 4.77 Å². The molecule has 82 valence electrons. The van der Waals surface area contributed by atoms with Gasteiger partial charge in [0.05, 0.1) is 6.42 Å². The SMILES string of the molecule is CC(C)c1[nH]c(=S)[nH]c(=O)c1CC(=O)O. The van der Waals surface area contributed by atoms with Crippen LogP contribution in [0.1, 0.15) is 31.0 Å². The lowest BCUT2D eigenvalue weighted by atomic mass is 10.0. The molecule has 0 fully saturated rings. The van der Waals surface area contributed by atoms with Gasteiger partial charge in [0.1, 0.15) is 0 Å². The third-order valence-electron chi connectivity index (χ3n) is 1.98. The van der Waals surface area contributed by atoms with Gasteiger partial charge in [0, 0.05) is 11.3 Å². The Hall–Kier alpha value is -1.43. The number of hydrogen-bond donors (Lipinski definition) is 3. The molecule has 0 aromatic carbocycles. The van der Waals surface area contributed by atoms with Gasteiger partial charge in [-0.15, -0.1) is 0 Å². The molecule has 0 aliphatic heterocycles. The Morgan fingerprint density at radius 3 is 2.53 bits per heavy atom. The summed E-state index contributed by atoms with van der Waals surface area (Å²) in [6.45, 7) is 3.73. The minimum Gasteiger partial charge on any atom is -0.481 e. The fourth-order valence-electron chi connectivity index (χ4n) is 1.35. The fraction of sp³-hybridized carbons (Fsp3) is 0.444. The third-order valence-corrected chi connectivity index (χ3v) is 2.18. The number of carbonyl (C=O) groups is 1. The zero-order valence-electron chi connectivity index (χ0n) is 8.46. The minimum absolute atomic E-state index is 0.0309. The van der Waals surface area contributed by atoms with Crippen LogP contribution in [0.15, 0.2) is 4.79 Å². The molecule has 1 aromatic rings. The maximum Gasteiger partial charge on any atom is 0.308 e. The van der Waals surface area contributed by atoms with E-state index in [1.807, 2.05) is 13.8 Å². The molecule has 0 aliphatic carbocycles. The van der Waals surface area contributed by atoms with Crippen molar-refractivity contribution in [3.8, 4) is 0 Å². The highest BCUT2D eigenvalue weighted by Crippen LogP contribution is 2.13. The molecule has 15 heavy (non-hydrogen) atoms. The van der Waals surface area contributed by atoms with E-state index in [9.17, 15) is 9.59 Å². The smallest absolute Gasteiger partial charge is 0.308 e. The van der Waals surface area contributed by atoms with Gasteiger partial charge in [-0.3, -0.25) is 14.6 Å². The molecule has 5 nitrogen and oxygen atoms in total. The summed E-state index contributed by atoms with van der Waals surface area (Å²) in [6, 6.07) is 0. The first-order valence-electron chi connectivity index (χ1n) is 4.49. The zero-order valence-corrected chi connectivity index (χ0v) is 9.27. The summed E-state index contributed by atoms with van der Waals surface area (Å²) in [5, 5.41) is 8.67.